The Hall–Kier alpha value is -4.45. The highest BCUT2D eigenvalue weighted by molar-refractivity contribution is 6.02. The smallest absolute Gasteiger partial charge is 0.251 e. The maximum atomic E-state index is 12.7. The number of nitrogens with one attached hydrogen (secondary N) is 2. The van der Waals surface area contributed by atoms with Gasteiger partial charge in [-0.2, -0.15) is 5.10 Å². The molecule has 6 heteroatoms. The number of nitrogens with zero attached hydrogens (tertiary/aromatic N) is 1. The topological polar surface area (TPSA) is 79.8 Å². The van der Waals surface area contributed by atoms with E-state index in [9.17, 15) is 9.59 Å². The summed E-state index contributed by atoms with van der Waals surface area (Å²) in [5.74, 6) is 0.263. The molecule has 1 atom stereocenters. The number of hydrazone groups is 1. The van der Waals surface area contributed by atoms with Crippen LogP contribution in [-0.2, 0) is 4.79 Å². The summed E-state index contributed by atoms with van der Waals surface area (Å²) >= 11 is 0. The number of ether oxygens (including phenoxy) is 1. The van der Waals surface area contributed by atoms with Gasteiger partial charge in [0.2, 0.25) is 5.91 Å². The first kappa shape index (κ1) is 23.7. The van der Waals surface area contributed by atoms with E-state index in [4.69, 9.17) is 4.74 Å². The summed E-state index contributed by atoms with van der Waals surface area (Å²) in [7, 11) is 0. The predicted molar refractivity (Wildman–Crippen MR) is 139 cm³/mol. The quantitative estimate of drug-likeness (QED) is 0.262. The van der Waals surface area contributed by atoms with Gasteiger partial charge in [0.1, 0.15) is 5.75 Å². The highest BCUT2D eigenvalue weighted by Gasteiger charge is 2.19. The van der Waals surface area contributed by atoms with Crippen LogP contribution in [0.5, 0.6) is 5.75 Å². The number of benzene rings is 4. The fourth-order valence-electron chi connectivity index (χ4n) is 3.86. The van der Waals surface area contributed by atoms with Gasteiger partial charge < -0.3 is 10.1 Å². The Kier molecular flexibility index (Phi) is 7.86. The van der Waals surface area contributed by atoms with Crippen molar-refractivity contribution >= 4 is 28.8 Å². The van der Waals surface area contributed by atoms with Gasteiger partial charge in [-0.25, -0.2) is 5.43 Å². The van der Waals surface area contributed by atoms with Gasteiger partial charge in [-0.3, -0.25) is 9.59 Å². The Balaban J connectivity index is 1.46. The first-order chi connectivity index (χ1) is 17.2. The number of rotatable bonds is 9. The van der Waals surface area contributed by atoms with Crippen molar-refractivity contribution < 1.29 is 14.3 Å². The maximum Gasteiger partial charge on any atom is 0.251 e. The van der Waals surface area contributed by atoms with E-state index in [1.807, 2.05) is 79.7 Å². The minimum absolute atomic E-state index is 0.0456. The zero-order chi connectivity index (χ0) is 24.5. The summed E-state index contributed by atoms with van der Waals surface area (Å²) in [4.78, 5) is 25.5. The van der Waals surface area contributed by atoms with E-state index >= 15 is 0 Å². The first-order valence-electron chi connectivity index (χ1n) is 11.5. The summed E-state index contributed by atoms with van der Waals surface area (Å²) < 4.78 is 5.72. The molecule has 2 N–H and O–H groups in total. The van der Waals surface area contributed by atoms with Crippen molar-refractivity contribution in [1.29, 1.82) is 0 Å². The van der Waals surface area contributed by atoms with Crippen LogP contribution < -0.4 is 15.5 Å². The van der Waals surface area contributed by atoms with Gasteiger partial charge in [0, 0.05) is 16.5 Å². The molecule has 0 saturated heterocycles. The van der Waals surface area contributed by atoms with Crippen LogP contribution in [0.15, 0.2) is 102 Å². The van der Waals surface area contributed by atoms with Crippen molar-refractivity contribution in [2.75, 3.05) is 6.61 Å². The van der Waals surface area contributed by atoms with Gasteiger partial charge in [-0.15, -0.1) is 0 Å². The van der Waals surface area contributed by atoms with Gasteiger partial charge in [0.05, 0.1) is 25.3 Å². The van der Waals surface area contributed by atoms with Gasteiger partial charge in [0.25, 0.3) is 5.91 Å². The van der Waals surface area contributed by atoms with E-state index in [1.54, 1.807) is 30.5 Å². The number of carbonyl (C=O) groups excluding carboxylic acids is 2. The largest absolute Gasteiger partial charge is 0.493 e. The van der Waals surface area contributed by atoms with Crippen molar-refractivity contribution in [3.63, 3.8) is 0 Å². The van der Waals surface area contributed by atoms with Crippen LogP contribution in [0.3, 0.4) is 0 Å². The second-order valence-corrected chi connectivity index (χ2v) is 7.93. The van der Waals surface area contributed by atoms with Crippen LogP contribution in [0.25, 0.3) is 10.8 Å². The fourth-order valence-corrected chi connectivity index (χ4v) is 3.86. The van der Waals surface area contributed by atoms with Gasteiger partial charge in [-0.1, -0.05) is 72.8 Å². The molecule has 6 nitrogen and oxygen atoms in total. The third kappa shape index (κ3) is 6.12. The second kappa shape index (κ2) is 11.6. The molecular formula is C29H27N3O3. The number of hydrogen-bond acceptors (Lipinski definition) is 4. The molecule has 0 aromatic heterocycles. The van der Waals surface area contributed by atoms with Crippen LogP contribution in [0, 0.1) is 0 Å². The average molecular weight is 466 g/mol. The lowest BCUT2D eigenvalue weighted by atomic mass is 10.0. The Labute approximate surface area is 204 Å². The monoisotopic (exact) mass is 465 g/mol. The molecular weight excluding hydrogens is 438 g/mol. The molecule has 0 aliphatic heterocycles. The highest BCUT2D eigenvalue weighted by Crippen LogP contribution is 2.27. The summed E-state index contributed by atoms with van der Waals surface area (Å²) in [6, 6.07) is 29.6. The molecule has 0 spiro atoms. The minimum Gasteiger partial charge on any atom is -0.493 e. The predicted octanol–water partition coefficient (Wildman–Crippen LogP) is 5.25. The molecule has 0 radical (unpaired) electrons. The second-order valence-electron chi connectivity index (χ2n) is 7.93. The Morgan fingerprint density at radius 2 is 1.51 bits per heavy atom. The Morgan fingerprint density at radius 3 is 2.23 bits per heavy atom. The summed E-state index contributed by atoms with van der Waals surface area (Å²) in [6.45, 7) is 2.53. The zero-order valence-corrected chi connectivity index (χ0v) is 19.5. The summed E-state index contributed by atoms with van der Waals surface area (Å²) in [5, 5.41) is 9.10. The van der Waals surface area contributed by atoms with Gasteiger partial charge >= 0.3 is 0 Å². The van der Waals surface area contributed by atoms with E-state index in [1.165, 1.54) is 0 Å². The SMILES string of the molecule is CCOc1ccc(/C=N\NC(=O)C[C@H](NC(=O)c2ccccc2)c2ccccc2)c2ccccc12. The molecule has 4 rings (SSSR count). The number of hydrogen-bond donors (Lipinski definition) is 2. The molecule has 0 aliphatic rings. The van der Waals surface area contributed by atoms with E-state index in [0.717, 1.165) is 27.6 Å². The minimum atomic E-state index is -0.495. The van der Waals surface area contributed by atoms with Crippen LogP contribution in [-0.4, -0.2) is 24.6 Å². The Bertz CT molecular complexity index is 1320. The molecule has 0 bridgehead atoms. The molecule has 4 aromatic rings. The number of fused-ring (bicyclic) bond motifs is 1. The van der Waals surface area contributed by atoms with E-state index in [-0.39, 0.29) is 18.2 Å². The standard InChI is InChI=1S/C29H27N3O3/c1-2-35-27-18-17-23(24-15-9-10-16-25(24)27)20-30-32-28(33)19-26(21-11-5-3-6-12-21)31-29(34)22-13-7-4-8-14-22/h3-18,20,26H,2,19H2,1H3,(H,31,34)(H,32,33)/b30-20-/t26-/m0/s1. The molecule has 4 aromatic carbocycles. The van der Waals surface area contributed by atoms with Crippen molar-refractivity contribution in [1.82, 2.24) is 10.7 Å². The van der Waals surface area contributed by atoms with Crippen molar-refractivity contribution in [2.24, 2.45) is 5.10 Å². The Morgan fingerprint density at radius 1 is 0.857 bits per heavy atom. The molecule has 0 aliphatic carbocycles. The van der Waals surface area contributed by atoms with Crippen molar-refractivity contribution in [3.05, 3.63) is 114 Å². The molecule has 176 valence electrons. The van der Waals surface area contributed by atoms with Gasteiger partial charge in [0.15, 0.2) is 0 Å². The van der Waals surface area contributed by atoms with Crippen LogP contribution in [0.1, 0.15) is 40.9 Å². The molecule has 0 fully saturated rings. The first-order valence-corrected chi connectivity index (χ1v) is 11.5. The van der Waals surface area contributed by atoms with Crippen LogP contribution >= 0.6 is 0 Å². The van der Waals surface area contributed by atoms with Crippen molar-refractivity contribution in [3.8, 4) is 5.75 Å². The van der Waals surface area contributed by atoms with E-state index in [0.29, 0.717) is 12.2 Å². The molecule has 0 heterocycles. The molecule has 2 amide bonds. The maximum absolute atomic E-state index is 12.7. The number of carbonyl (C=O) groups is 2. The van der Waals surface area contributed by atoms with Crippen molar-refractivity contribution in [2.45, 2.75) is 19.4 Å². The van der Waals surface area contributed by atoms with Crippen LogP contribution in [0.4, 0.5) is 0 Å². The van der Waals surface area contributed by atoms with Crippen LogP contribution in [0.2, 0.25) is 0 Å². The molecule has 35 heavy (non-hydrogen) atoms. The van der Waals surface area contributed by atoms with E-state index in [2.05, 4.69) is 15.8 Å². The molecule has 0 unspecified atom stereocenters. The highest BCUT2D eigenvalue weighted by atomic mass is 16.5. The summed E-state index contributed by atoms with van der Waals surface area (Å²) in [5.41, 5.74) is 4.84. The third-order valence-corrected chi connectivity index (χ3v) is 5.54. The van der Waals surface area contributed by atoms with Gasteiger partial charge in [-0.05, 0) is 42.1 Å². The average Bonchev–Trinajstić information content (AvgIpc) is 2.90. The number of amides is 2. The normalized spacial score (nSPS) is 11.8. The van der Waals surface area contributed by atoms with E-state index < -0.39 is 6.04 Å². The lowest BCUT2D eigenvalue weighted by Crippen LogP contribution is -2.32. The molecule has 0 saturated carbocycles. The fraction of sp³-hybridized carbons (Fsp3) is 0.138. The zero-order valence-electron chi connectivity index (χ0n) is 19.5. The summed E-state index contributed by atoms with van der Waals surface area (Å²) in [6.07, 6.45) is 1.67. The lowest BCUT2D eigenvalue weighted by molar-refractivity contribution is -0.121. The lowest BCUT2D eigenvalue weighted by Gasteiger charge is -2.18. The third-order valence-electron chi connectivity index (χ3n) is 5.54.